The van der Waals surface area contributed by atoms with Crippen molar-refractivity contribution in [1.82, 2.24) is 4.98 Å². The maximum Gasteiger partial charge on any atom is 0.274 e. The minimum atomic E-state index is -0.283. The van der Waals surface area contributed by atoms with Crippen molar-refractivity contribution in [3.05, 3.63) is 56.2 Å². The highest BCUT2D eigenvalue weighted by Crippen LogP contribution is 2.25. The van der Waals surface area contributed by atoms with Crippen LogP contribution in [-0.2, 0) is 0 Å². The molecule has 18 heavy (non-hydrogen) atoms. The van der Waals surface area contributed by atoms with Crippen molar-refractivity contribution < 1.29 is 4.79 Å². The fourth-order valence-corrected chi connectivity index (χ4v) is 2.07. The van der Waals surface area contributed by atoms with Crippen LogP contribution in [-0.4, -0.2) is 10.9 Å². The number of aromatic nitrogens is 1. The van der Waals surface area contributed by atoms with Gasteiger partial charge in [-0.05, 0) is 62.2 Å². The molecule has 0 aliphatic carbocycles. The summed E-state index contributed by atoms with van der Waals surface area (Å²) in [5.41, 5.74) is 0.957. The quantitative estimate of drug-likeness (QED) is 0.767. The van der Waals surface area contributed by atoms with E-state index in [0.717, 1.165) is 4.47 Å². The van der Waals surface area contributed by atoms with Crippen molar-refractivity contribution in [2.75, 3.05) is 5.32 Å². The molecule has 1 heterocycles. The molecule has 3 nitrogen and oxygen atoms in total. The molecule has 92 valence electrons. The standard InChI is InChI=1S/C12H7Br2ClN2O/c13-8-5-4-7(6-9(8)15)16-12(18)10-2-1-3-11(14)17-10/h1-6H,(H,16,18). The largest absolute Gasteiger partial charge is 0.321 e. The molecule has 6 heteroatoms. The van der Waals surface area contributed by atoms with Crippen LogP contribution in [0.15, 0.2) is 45.5 Å². The first-order valence-electron chi connectivity index (χ1n) is 4.95. The Labute approximate surface area is 126 Å². The van der Waals surface area contributed by atoms with Gasteiger partial charge in [0, 0.05) is 10.2 Å². The van der Waals surface area contributed by atoms with E-state index in [1.807, 2.05) is 0 Å². The normalized spacial score (nSPS) is 10.2. The number of hydrogen-bond donors (Lipinski definition) is 1. The van der Waals surface area contributed by atoms with Crippen molar-refractivity contribution in [3.8, 4) is 0 Å². The molecule has 0 saturated carbocycles. The predicted molar refractivity (Wildman–Crippen MR) is 79.0 cm³/mol. The van der Waals surface area contributed by atoms with E-state index in [1.54, 1.807) is 36.4 Å². The molecule has 0 radical (unpaired) electrons. The molecule has 0 saturated heterocycles. The number of nitrogens with zero attached hydrogens (tertiary/aromatic N) is 1. The van der Waals surface area contributed by atoms with E-state index in [1.165, 1.54) is 0 Å². The smallest absolute Gasteiger partial charge is 0.274 e. The average molecular weight is 390 g/mol. The number of pyridine rings is 1. The van der Waals surface area contributed by atoms with Crippen LogP contribution in [0.25, 0.3) is 0 Å². The van der Waals surface area contributed by atoms with Crippen LogP contribution in [0.4, 0.5) is 5.69 Å². The monoisotopic (exact) mass is 388 g/mol. The highest BCUT2D eigenvalue weighted by atomic mass is 79.9. The van der Waals surface area contributed by atoms with E-state index in [0.29, 0.717) is 21.0 Å². The number of benzene rings is 1. The number of amides is 1. The van der Waals surface area contributed by atoms with Crippen LogP contribution < -0.4 is 5.32 Å². The number of hydrogen-bond acceptors (Lipinski definition) is 2. The Morgan fingerprint density at radius 3 is 2.67 bits per heavy atom. The summed E-state index contributed by atoms with van der Waals surface area (Å²) in [5, 5.41) is 3.26. The van der Waals surface area contributed by atoms with Gasteiger partial charge in [0.25, 0.3) is 5.91 Å². The Balaban J connectivity index is 2.18. The number of rotatable bonds is 2. The van der Waals surface area contributed by atoms with Gasteiger partial charge in [-0.3, -0.25) is 4.79 Å². The molecule has 0 aliphatic heterocycles. The molecule has 2 rings (SSSR count). The van der Waals surface area contributed by atoms with Gasteiger partial charge < -0.3 is 5.32 Å². The number of anilines is 1. The Kier molecular flexibility index (Phi) is 4.37. The van der Waals surface area contributed by atoms with Crippen molar-refractivity contribution in [1.29, 1.82) is 0 Å². The van der Waals surface area contributed by atoms with Gasteiger partial charge in [-0.1, -0.05) is 17.7 Å². The van der Waals surface area contributed by atoms with E-state index in [-0.39, 0.29) is 5.91 Å². The molecule has 0 spiro atoms. The van der Waals surface area contributed by atoms with Crippen LogP contribution in [0.2, 0.25) is 5.02 Å². The maximum atomic E-state index is 11.9. The molecular weight excluding hydrogens is 383 g/mol. The van der Waals surface area contributed by atoms with Gasteiger partial charge in [0.05, 0.1) is 5.02 Å². The summed E-state index contributed by atoms with van der Waals surface area (Å²) in [4.78, 5) is 16.0. The number of halogens is 3. The summed E-state index contributed by atoms with van der Waals surface area (Å²) in [6.07, 6.45) is 0. The average Bonchev–Trinajstić information content (AvgIpc) is 2.34. The topological polar surface area (TPSA) is 42.0 Å². The minimum absolute atomic E-state index is 0.283. The van der Waals surface area contributed by atoms with Gasteiger partial charge in [-0.15, -0.1) is 0 Å². The zero-order chi connectivity index (χ0) is 13.1. The first kappa shape index (κ1) is 13.5. The molecule has 0 atom stereocenters. The summed E-state index contributed by atoms with van der Waals surface area (Å²) < 4.78 is 1.40. The number of carbonyl (C=O) groups excluding carboxylic acids is 1. The third-order valence-electron chi connectivity index (χ3n) is 2.13. The maximum absolute atomic E-state index is 11.9. The zero-order valence-electron chi connectivity index (χ0n) is 8.95. The second-order valence-corrected chi connectivity index (χ2v) is 5.50. The minimum Gasteiger partial charge on any atom is -0.321 e. The number of nitrogens with one attached hydrogen (secondary N) is 1. The SMILES string of the molecule is O=C(Nc1ccc(Br)c(Cl)c1)c1cccc(Br)n1. The van der Waals surface area contributed by atoms with Gasteiger partial charge in [0.2, 0.25) is 0 Å². The lowest BCUT2D eigenvalue weighted by Crippen LogP contribution is -2.13. The zero-order valence-corrected chi connectivity index (χ0v) is 12.9. The second-order valence-electron chi connectivity index (χ2n) is 3.43. The molecule has 1 aromatic carbocycles. The Morgan fingerprint density at radius 1 is 1.22 bits per heavy atom. The Morgan fingerprint density at radius 2 is 2.00 bits per heavy atom. The summed E-state index contributed by atoms with van der Waals surface area (Å²) in [7, 11) is 0. The van der Waals surface area contributed by atoms with Crippen LogP contribution >= 0.6 is 43.5 Å². The highest BCUT2D eigenvalue weighted by molar-refractivity contribution is 9.10. The third kappa shape index (κ3) is 3.31. The lowest BCUT2D eigenvalue weighted by Gasteiger charge is -2.06. The Hall–Kier alpha value is -0.910. The molecule has 0 unspecified atom stereocenters. The van der Waals surface area contributed by atoms with Gasteiger partial charge in [0.15, 0.2) is 0 Å². The van der Waals surface area contributed by atoms with Gasteiger partial charge in [0.1, 0.15) is 10.3 Å². The highest BCUT2D eigenvalue weighted by Gasteiger charge is 2.08. The molecule has 0 aliphatic rings. The van der Waals surface area contributed by atoms with Crippen molar-refractivity contribution in [3.63, 3.8) is 0 Å². The molecule has 0 bridgehead atoms. The fraction of sp³-hybridized carbons (Fsp3) is 0. The number of carbonyl (C=O) groups is 1. The molecular formula is C12H7Br2ClN2O. The van der Waals surface area contributed by atoms with Gasteiger partial charge in [-0.25, -0.2) is 4.98 Å². The first-order valence-corrected chi connectivity index (χ1v) is 6.91. The molecule has 1 N–H and O–H groups in total. The second kappa shape index (κ2) is 5.82. The van der Waals surface area contributed by atoms with Crippen molar-refractivity contribution in [2.24, 2.45) is 0 Å². The molecule has 1 aromatic heterocycles. The van der Waals surface area contributed by atoms with Crippen LogP contribution in [0.3, 0.4) is 0 Å². The van der Waals surface area contributed by atoms with E-state index in [4.69, 9.17) is 11.6 Å². The fourth-order valence-electron chi connectivity index (χ4n) is 1.30. The third-order valence-corrected chi connectivity index (χ3v) is 3.80. The lowest BCUT2D eigenvalue weighted by molar-refractivity contribution is 0.102. The van der Waals surface area contributed by atoms with Crippen molar-refractivity contribution >= 4 is 55.1 Å². The van der Waals surface area contributed by atoms with Crippen molar-refractivity contribution in [2.45, 2.75) is 0 Å². The predicted octanol–water partition coefficient (Wildman–Crippen LogP) is 4.51. The van der Waals surface area contributed by atoms with Gasteiger partial charge in [-0.2, -0.15) is 0 Å². The van der Waals surface area contributed by atoms with Crippen LogP contribution in [0.1, 0.15) is 10.5 Å². The lowest BCUT2D eigenvalue weighted by atomic mass is 10.3. The van der Waals surface area contributed by atoms with E-state index >= 15 is 0 Å². The Bertz CT molecular complexity index is 604. The molecule has 0 fully saturated rings. The molecule has 2 aromatic rings. The summed E-state index contributed by atoms with van der Waals surface area (Å²) in [5.74, 6) is -0.283. The summed E-state index contributed by atoms with van der Waals surface area (Å²) >= 11 is 12.5. The van der Waals surface area contributed by atoms with E-state index < -0.39 is 0 Å². The van der Waals surface area contributed by atoms with Crippen LogP contribution in [0.5, 0.6) is 0 Å². The first-order chi connectivity index (χ1) is 8.56. The summed E-state index contributed by atoms with van der Waals surface area (Å²) in [6.45, 7) is 0. The van der Waals surface area contributed by atoms with E-state index in [9.17, 15) is 4.79 Å². The van der Waals surface area contributed by atoms with E-state index in [2.05, 4.69) is 42.2 Å². The summed E-state index contributed by atoms with van der Waals surface area (Å²) in [6, 6.07) is 10.3. The molecule has 1 amide bonds. The van der Waals surface area contributed by atoms with Gasteiger partial charge >= 0.3 is 0 Å². The van der Waals surface area contributed by atoms with Crippen LogP contribution in [0, 0.1) is 0 Å².